The number of rotatable bonds is 11. The van der Waals surface area contributed by atoms with E-state index in [0.29, 0.717) is 46.1 Å². The molecule has 1 aliphatic heterocycles. The van der Waals surface area contributed by atoms with Gasteiger partial charge in [0.1, 0.15) is 34.1 Å². The highest BCUT2D eigenvalue weighted by atomic mass is 19.1. The lowest BCUT2D eigenvalue weighted by Crippen LogP contribution is -2.38. The Labute approximate surface area is 245 Å². The highest BCUT2D eigenvalue weighted by Gasteiger charge is 2.41. The van der Waals surface area contributed by atoms with Crippen LogP contribution in [0.25, 0.3) is 22.2 Å². The molecule has 8 heteroatoms. The van der Waals surface area contributed by atoms with E-state index in [-0.39, 0.29) is 29.9 Å². The van der Waals surface area contributed by atoms with Gasteiger partial charge in [-0.25, -0.2) is 9.37 Å². The molecular weight excluding hydrogens is 533 g/mol. The van der Waals surface area contributed by atoms with Crippen LogP contribution in [0.5, 0.6) is 11.5 Å². The molecule has 2 N–H and O–H groups in total. The van der Waals surface area contributed by atoms with Gasteiger partial charge in [0.05, 0.1) is 19.4 Å². The second-order valence-corrected chi connectivity index (χ2v) is 12.1. The average molecular weight is 570 g/mol. The number of Topliss-reactive ketones (excluding diaryl/α,β-unsaturated/α-hetero) is 1. The summed E-state index contributed by atoms with van der Waals surface area (Å²) in [7, 11) is 1.56. The van der Waals surface area contributed by atoms with Gasteiger partial charge in [0.25, 0.3) is 0 Å². The molecule has 4 aromatic rings. The van der Waals surface area contributed by atoms with Crippen LogP contribution in [0.4, 0.5) is 4.39 Å². The second kappa shape index (κ2) is 11.1. The first kappa shape index (κ1) is 28.2. The molecule has 42 heavy (non-hydrogen) atoms. The second-order valence-electron chi connectivity index (χ2n) is 12.1. The van der Waals surface area contributed by atoms with E-state index in [9.17, 15) is 14.3 Å². The van der Waals surface area contributed by atoms with Crippen molar-refractivity contribution in [3.63, 3.8) is 0 Å². The van der Waals surface area contributed by atoms with Crippen LogP contribution >= 0.6 is 0 Å². The zero-order chi connectivity index (χ0) is 29.5. The number of nitrogens with one attached hydrogen (secondary N) is 1. The molecule has 3 heterocycles. The summed E-state index contributed by atoms with van der Waals surface area (Å²) in [4.78, 5) is 22.6. The van der Waals surface area contributed by atoms with Crippen molar-refractivity contribution in [2.45, 2.75) is 50.5 Å². The third kappa shape index (κ3) is 5.61. The molecule has 6 rings (SSSR count). The van der Waals surface area contributed by atoms with E-state index in [2.05, 4.69) is 17.2 Å². The quantitative estimate of drug-likeness (QED) is 0.215. The highest BCUT2D eigenvalue weighted by molar-refractivity contribution is 6.01. The molecule has 0 radical (unpaired) electrons. The summed E-state index contributed by atoms with van der Waals surface area (Å²) in [6.07, 6.45) is 4.48. The number of halogens is 1. The molecule has 2 aromatic heterocycles. The van der Waals surface area contributed by atoms with Gasteiger partial charge in [-0.3, -0.25) is 9.78 Å². The Morgan fingerprint density at radius 2 is 2.00 bits per heavy atom. The Balaban J connectivity index is 1.30. The number of pyridine rings is 2. The maximum absolute atomic E-state index is 13.8. The molecule has 0 bridgehead atoms. The van der Waals surface area contributed by atoms with Crippen molar-refractivity contribution in [1.29, 1.82) is 0 Å². The van der Waals surface area contributed by atoms with Gasteiger partial charge < -0.3 is 19.9 Å². The summed E-state index contributed by atoms with van der Waals surface area (Å²) in [5.41, 5.74) is 2.11. The maximum Gasteiger partial charge on any atom is 0.163 e. The van der Waals surface area contributed by atoms with Crippen LogP contribution in [0.1, 0.15) is 61.1 Å². The molecule has 0 spiro atoms. The SMILES string of the molecule is COc1cc(C(=O)CCC(C)(O)c2cc3c(c(-c4ccc(F)cc4)n2)OC[C@]3(C)CNCC2CC2)cc2cccnc12. The number of aliphatic hydroxyl groups is 1. The van der Waals surface area contributed by atoms with Crippen molar-refractivity contribution in [2.75, 3.05) is 26.8 Å². The van der Waals surface area contributed by atoms with Crippen molar-refractivity contribution in [1.82, 2.24) is 15.3 Å². The summed E-state index contributed by atoms with van der Waals surface area (Å²) in [5, 5.41) is 16.2. The monoisotopic (exact) mass is 569 g/mol. The minimum Gasteiger partial charge on any atom is -0.494 e. The summed E-state index contributed by atoms with van der Waals surface area (Å²) in [5.74, 6) is 1.48. The highest BCUT2D eigenvalue weighted by Crippen LogP contribution is 2.46. The third-order valence-corrected chi connectivity index (χ3v) is 8.52. The van der Waals surface area contributed by atoms with Crippen LogP contribution in [0.2, 0.25) is 0 Å². The smallest absolute Gasteiger partial charge is 0.163 e. The van der Waals surface area contributed by atoms with Crippen LogP contribution in [-0.4, -0.2) is 47.7 Å². The summed E-state index contributed by atoms with van der Waals surface area (Å²) < 4.78 is 25.5. The van der Waals surface area contributed by atoms with Gasteiger partial charge in [-0.1, -0.05) is 13.0 Å². The molecule has 1 unspecified atom stereocenters. The van der Waals surface area contributed by atoms with Crippen molar-refractivity contribution in [3.8, 4) is 22.8 Å². The van der Waals surface area contributed by atoms with Crippen LogP contribution in [0.15, 0.2) is 60.8 Å². The van der Waals surface area contributed by atoms with Gasteiger partial charge in [-0.15, -0.1) is 0 Å². The topological polar surface area (TPSA) is 93.6 Å². The van der Waals surface area contributed by atoms with Crippen LogP contribution < -0.4 is 14.8 Å². The molecule has 1 saturated carbocycles. The number of hydrogen-bond acceptors (Lipinski definition) is 7. The molecular formula is C34H36FN3O4. The van der Waals surface area contributed by atoms with Crippen LogP contribution in [0, 0.1) is 11.7 Å². The van der Waals surface area contributed by atoms with Gasteiger partial charge >= 0.3 is 0 Å². The third-order valence-electron chi connectivity index (χ3n) is 8.52. The molecule has 0 saturated heterocycles. The number of aromatic nitrogens is 2. The predicted octanol–water partition coefficient (Wildman–Crippen LogP) is 5.96. The molecule has 7 nitrogen and oxygen atoms in total. The van der Waals surface area contributed by atoms with Gasteiger partial charge in [0, 0.05) is 46.7 Å². The van der Waals surface area contributed by atoms with E-state index in [1.807, 2.05) is 18.2 Å². The fourth-order valence-corrected chi connectivity index (χ4v) is 5.64. The number of methoxy groups -OCH3 is 1. The number of ether oxygens (including phenoxy) is 2. The Kier molecular flexibility index (Phi) is 7.45. The minimum atomic E-state index is -1.41. The van der Waals surface area contributed by atoms with Crippen molar-refractivity contribution in [2.24, 2.45) is 5.92 Å². The van der Waals surface area contributed by atoms with E-state index in [1.165, 1.54) is 25.0 Å². The van der Waals surface area contributed by atoms with Crippen molar-refractivity contribution in [3.05, 3.63) is 83.4 Å². The Morgan fingerprint density at radius 1 is 1.21 bits per heavy atom. The van der Waals surface area contributed by atoms with Gasteiger partial charge in [-0.05, 0) is 87.2 Å². The average Bonchev–Trinajstić information content (AvgIpc) is 3.76. The van der Waals surface area contributed by atoms with Crippen LogP contribution in [-0.2, 0) is 11.0 Å². The number of nitrogens with zero attached hydrogens (tertiary/aromatic N) is 2. The standard InChI is InChI=1S/C34H36FN3O4/c1-33(19-36-18-21-6-7-21)20-42-32-26(33)17-29(38-31(32)22-8-10-25(35)11-9-22)34(2,40)13-12-27(39)24-15-23-5-4-14-37-30(23)28(16-24)41-3/h4-5,8-11,14-17,21,36,40H,6-7,12-13,18-20H2,1-3H3/t33-,34?/m0/s1. The molecule has 218 valence electrons. The zero-order valence-electron chi connectivity index (χ0n) is 24.2. The lowest BCUT2D eigenvalue weighted by atomic mass is 9.82. The first-order valence-electron chi connectivity index (χ1n) is 14.5. The normalized spacial score (nSPS) is 19.3. The number of hydrogen-bond donors (Lipinski definition) is 2. The zero-order valence-corrected chi connectivity index (χ0v) is 24.2. The van der Waals surface area contributed by atoms with Crippen LogP contribution in [0.3, 0.4) is 0 Å². The van der Waals surface area contributed by atoms with E-state index in [1.54, 1.807) is 44.5 Å². The number of carbonyl (C=O) groups excluding carboxylic acids is 1. The predicted molar refractivity (Wildman–Crippen MR) is 160 cm³/mol. The van der Waals surface area contributed by atoms with E-state index in [0.717, 1.165) is 30.0 Å². The maximum atomic E-state index is 13.8. The molecule has 2 atom stereocenters. The Hall–Kier alpha value is -3.88. The molecule has 2 aliphatic rings. The Bertz CT molecular complexity index is 1630. The fourth-order valence-electron chi connectivity index (χ4n) is 5.64. The Morgan fingerprint density at radius 3 is 2.74 bits per heavy atom. The van der Waals surface area contributed by atoms with Crippen molar-refractivity contribution < 1.29 is 23.8 Å². The number of benzene rings is 2. The summed E-state index contributed by atoms with van der Waals surface area (Å²) in [6.45, 7) is 6.01. The number of carbonyl (C=O) groups is 1. The van der Waals surface area contributed by atoms with E-state index >= 15 is 0 Å². The minimum absolute atomic E-state index is 0.100. The number of fused-ring (bicyclic) bond motifs is 2. The van der Waals surface area contributed by atoms with Gasteiger partial charge in [-0.2, -0.15) is 0 Å². The molecule has 2 aromatic carbocycles. The summed E-state index contributed by atoms with van der Waals surface area (Å²) in [6, 6.07) is 15.3. The molecule has 0 amide bonds. The summed E-state index contributed by atoms with van der Waals surface area (Å²) >= 11 is 0. The molecule has 1 aliphatic carbocycles. The number of ketones is 1. The van der Waals surface area contributed by atoms with E-state index in [4.69, 9.17) is 14.5 Å². The van der Waals surface area contributed by atoms with Gasteiger partial charge in [0.2, 0.25) is 0 Å². The van der Waals surface area contributed by atoms with Crippen molar-refractivity contribution >= 4 is 16.7 Å². The first-order valence-corrected chi connectivity index (χ1v) is 14.5. The fraction of sp³-hybridized carbons (Fsp3) is 0.382. The largest absolute Gasteiger partial charge is 0.494 e. The van der Waals surface area contributed by atoms with E-state index < -0.39 is 5.60 Å². The lowest BCUT2D eigenvalue weighted by Gasteiger charge is -2.27. The lowest BCUT2D eigenvalue weighted by molar-refractivity contribution is 0.0396. The van der Waals surface area contributed by atoms with Gasteiger partial charge in [0.15, 0.2) is 5.78 Å². The first-order chi connectivity index (χ1) is 20.2. The molecule has 1 fully saturated rings.